The van der Waals surface area contributed by atoms with E-state index in [0.29, 0.717) is 23.0 Å². The first-order valence-electron chi connectivity index (χ1n) is 11.8. The van der Waals surface area contributed by atoms with Crippen LogP contribution in [0.15, 0.2) is 76.1 Å². The monoisotopic (exact) mass is 640 g/mol. The molecule has 3 aromatic carbocycles. The van der Waals surface area contributed by atoms with Gasteiger partial charge in [0.2, 0.25) is 5.91 Å². The summed E-state index contributed by atoms with van der Waals surface area (Å²) in [6.07, 6.45) is 1.48. The fraction of sp³-hybridized carbons (Fsp3) is 0.111. The number of nitro groups is 1. The van der Waals surface area contributed by atoms with Crippen molar-refractivity contribution in [2.75, 3.05) is 30.9 Å². The molecule has 0 saturated carbocycles. The molecule has 1 aliphatic heterocycles. The van der Waals surface area contributed by atoms with Gasteiger partial charge in [-0.05, 0) is 65.9 Å². The third-order valence-corrected chi connectivity index (χ3v) is 6.92. The van der Waals surface area contributed by atoms with Crippen LogP contribution in [0.2, 0.25) is 0 Å². The molecule has 1 heterocycles. The maximum absolute atomic E-state index is 12.9. The molecule has 41 heavy (non-hydrogen) atoms. The summed E-state index contributed by atoms with van der Waals surface area (Å²) in [6, 6.07) is 17.0. The summed E-state index contributed by atoms with van der Waals surface area (Å²) >= 11 is 4.02. The number of nitrogens with one attached hydrogen (secondary N) is 2. The molecule has 0 atom stereocenters. The molecule has 0 unspecified atom stereocenters. The van der Waals surface area contributed by atoms with Crippen molar-refractivity contribution in [2.24, 2.45) is 0 Å². The van der Waals surface area contributed by atoms with Gasteiger partial charge < -0.3 is 20.1 Å². The molecule has 1 aliphatic rings. The number of halogens is 1. The van der Waals surface area contributed by atoms with Crippen LogP contribution in [-0.2, 0) is 14.4 Å². The number of amides is 4. The van der Waals surface area contributed by atoms with Gasteiger partial charge >= 0.3 is 0 Å². The number of hydrogen-bond acceptors (Lipinski definition) is 9. The Morgan fingerprint density at radius 1 is 1.00 bits per heavy atom. The first-order chi connectivity index (χ1) is 19.6. The highest BCUT2D eigenvalue weighted by Gasteiger charge is 2.36. The lowest BCUT2D eigenvalue weighted by atomic mass is 10.2. The Morgan fingerprint density at radius 3 is 2.44 bits per heavy atom. The van der Waals surface area contributed by atoms with Crippen LogP contribution in [-0.4, -0.2) is 53.0 Å². The second-order valence-electron chi connectivity index (χ2n) is 8.38. The van der Waals surface area contributed by atoms with Crippen molar-refractivity contribution in [3.05, 3.63) is 91.8 Å². The van der Waals surface area contributed by atoms with Gasteiger partial charge in [-0.3, -0.25) is 34.2 Å². The molecule has 3 aromatic rings. The topological polar surface area (TPSA) is 157 Å². The van der Waals surface area contributed by atoms with Crippen LogP contribution in [0.3, 0.4) is 0 Å². The summed E-state index contributed by atoms with van der Waals surface area (Å²) in [4.78, 5) is 61.3. The number of methoxy groups -OCH3 is 1. The average molecular weight is 641 g/mol. The molecular formula is C27H21BrN4O8S. The second kappa shape index (κ2) is 13.1. The maximum atomic E-state index is 12.9. The summed E-state index contributed by atoms with van der Waals surface area (Å²) in [5, 5.41) is 15.5. The minimum absolute atomic E-state index is 0.124. The third-order valence-electron chi connectivity index (χ3n) is 5.49. The highest BCUT2D eigenvalue weighted by atomic mass is 79.9. The fourth-order valence-corrected chi connectivity index (χ4v) is 4.70. The minimum atomic E-state index is -0.608. The van der Waals surface area contributed by atoms with Crippen molar-refractivity contribution in [3.63, 3.8) is 0 Å². The number of ether oxygens (including phenoxy) is 2. The maximum Gasteiger partial charge on any atom is 0.294 e. The molecule has 0 radical (unpaired) electrons. The van der Waals surface area contributed by atoms with E-state index in [0.717, 1.165) is 9.37 Å². The van der Waals surface area contributed by atoms with Crippen molar-refractivity contribution in [2.45, 2.75) is 0 Å². The SMILES string of the molecule is COc1cc(/C=C2\SC(=O)N(CC(=O)Nc3ccc(Br)cc3)C2=O)ccc1OCC(=O)Nc1cccc([N+](=O)[O-])c1. The lowest BCUT2D eigenvalue weighted by Gasteiger charge is -2.13. The molecule has 1 fully saturated rings. The van der Waals surface area contributed by atoms with E-state index in [1.807, 2.05) is 0 Å². The van der Waals surface area contributed by atoms with E-state index < -0.39 is 41.0 Å². The van der Waals surface area contributed by atoms with Crippen LogP contribution in [0.5, 0.6) is 11.5 Å². The van der Waals surface area contributed by atoms with E-state index in [1.54, 1.807) is 36.4 Å². The van der Waals surface area contributed by atoms with E-state index in [-0.39, 0.29) is 27.8 Å². The molecule has 0 bridgehead atoms. The summed E-state index contributed by atoms with van der Waals surface area (Å²) in [5.41, 5.74) is 1.12. The van der Waals surface area contributed by atoms with Gasteiger partial charge in [0, 0.05) is 28.0 Å². The highest BCUT2D eigenvalue weighted by molar-refractivity contribution is 9.10. The van der Waals surface area contributed by atoms with Crippen LogP contribution >= 0.6 is 27.7 Å². The van der Waals surface area contributed by atoms with Crippen molar-refractivity contribution < 1.29 is 33.6 Å². The van der Waals surface area contributed by atoms with Crippen LogP contribution in [0.25, 0.3) is 6.08 Å². The number of thioether (sulfide) groups is 1. The van der Waals surface area contributed by atoms with E-state index >= 15 is 0 Å². The van der Waals surface area contributed by atoms with Gasteiger partial charge in [0.1, 0.15) is 6.54 Å². The number of imide groups is 1. The summed E-state index contributed by atoms with van der Waals surface area (Å²) < 4.78 is 11.7. The molecule has 14 heteroatoms. The van der Waals surface area contributed by atoms with Gasteiger partial charge in [-0.2, -0.15) is 0 Å². The van der Waals surface area contributed by atoms with Gasteiger partial charge in [-0.1, -0.05) is 28.1 Å². The predicted octanol–water partition coefficient (Wildman–Crippen LogP) is 5.06. The lowest BCUT2D eigenvalue weighted by molar-refractivity contribution is -0.384. The molecule has 4 amide bonds. The number of nitrogens with zero attached hydrogens (tertiary/aromatic N) is 2. The first-order valence-corrected chi connectivity index (χ1v) is 13.4. The number of carbonyl (C=O) groups excluding carboxylic acids is 4. The molecular weight excluding hydrogens is 620 g/mol. The van der Waals surface area contributed by atoms with Gasteiger partial charge in [0.05, 0.1) is 16.9 Å². The molecule has 2 N–H and O–H groups in total. The Morgan fingerprint density at radius 2 is 1.73 bits per heavy atom. The van der Waals surface area contributed by atoms with Crippen molar-refractivity contribution in [1.82, 2.24) is 4.90 Å². The van der Waals surface area contributed by atoms with Gasteiger partial charge in [-0.25, -0.2) is 0 Å². The zero-order valence-corrected chi connectivity index (χ0v) is 23.7. The Bertz CT molecular complexity index is 1560. The molecule has 4 rings (SSSR count). The average Bonchev–Trinajstić information content (AvgIpc) is 3.20. The second-order valence-corrected chi connectivity index (χ2v) is 10.3. The quantitative estimate of drug-likeness (QED) is 0.176. The van der Waals surface area contributed by atoms with E-state index in [2.05, 4.69) is 26.6 Å². The summed E-state index contributed by atoms with van der Waals surface area (Å²) in [7, 11) is 1.40. The molecule has 12 nitrogen and oxygen atoms in total. The largest absolute Gasteiger partial charge is 0.493 e. The highest BCUT2D eigenvalue weighted by Crippen LogP contribution is 2.34. The van der Waals surface area contributed by atoms with Gasteiger partial charge in [0.25, 0.3) is 22.7 Å². The summed E-state index contributed by atoms with van der Waals surface area (Å²) in [6.45, 7) is -0.841. The van der Waals surface area contributed by atoms with Crippen LogP contribution in [0, 0.1) is 10.1 Å². The van der Waals surface area contributed by atoms with Gasteiger partial charge in [0.15, 0.2) is 18.1 Å². The Labute approximate surface area is 246 Å². The van der Waals surface area contributed by atoms with Crippen LogP contribution < -0.4 is 20.1 Å². The molecule has 0 aromatic heterocycles. The number of non-ortho nitro benzene ring substituents is 1. The number of benzene rings is 3. The Kier molecular flexibility index (Phi) is 9.37. The summed E-state index contributed by atoms with van der Waals surface area (Å²) in [5.74, 6) is -1.18. The van der Waals surface area contributed by atoms with Crippen molar-refractivity contribution >= 4 is 73.8 Å². The van der Waals surface area contributed by atoms with Crippen molar-refractivity contribution in [1.29, 1.82) is 0 Å². The van der Waals surface area contributed by atoms with Crippen LogP contribution in [0.1, 0.15) is 5.56 Å². The zero-order chi connectivity index (χ0) is 29.5. The number of carbonyl (C=O) groups is 4. The number of nitro benzene ring substituents is 1. The van der Waals surface area contributed by atoms with Crippen LogP contribution in [0.4, 0.5) is 21.9 Å². The van der Waals surface area contributed by atoms with E-state index in [4.69, 9.17) is 9.47 Å². The number of anilines is 2. The zero-order valence-electron chi connectivity index (χ0n) is 21.3. The third kappa shape index (κ3) is 7.70. The Hall–Kier alpha value is -4.69. The molecule has 0 spiro atoms. The smallest absolute Gasteiger partial charge is 0.294 e. The fourth-order valence-electron chi connectivity index (χ4n) is 3.60. The number of hydrogen-bond donors (Lipinski definition) is 2. The Balaban J connectivity index is 1.37. The molecule has 0 aliphatic carbocycles. The molecule has 1 saturated heterocycles. The normalized spacial score (nSPS) is 13.7. The lowest BCUT2D eigenvalue weighted by Crippen LogP contribution is -2.36. The predicted molar refractivity (Wildman–Crippen MR) is 156 cm³/mol. The van der Waals surface area contributed by atoms with Gasteiger partial charge in [-0.15, -0.1) is 0 Å². The van der Waals surface area contributed by atoms with E-state index in [1.165, 1.54) is 43.5 Å². The van der Waals surface area contributed by atoms with Crippen molar-refractivity contribution in [3.8, 4) is 11.5 Å². The first kappa shape index (κ1) is 29.3. The van der Waals surface area contributed by atoms with E-state index in [9.17, 15) is 29.3 Å². The minimum Gasteiger partial charge on any atom is -0.493 e. The molecule has 210 valence electrons. The number of rotatable bonds is 10. The standard InChI is InChI=1S/C27H21BrN4O8S/c1-39-22-11-16(5-10-21(22)40-15-25(34)30-19-3-2-4-20(13-19)32(37)38)12-23-26(35)31(27(36)41-23)14-24(33)29-18-8-6-17(28)7-9-18/h2-13H,14-15H2,1H3,(H,29,33)(H,30,34)/b23-12-.